The van der Waals surface area contributed by atoms with Crippen molar-refractivity contribution in [2.24, 2.45) is 10.7 Å². The van der Waals surface area contributed by atoms with Crippen molar-refractivity contribution in [3.63, 3.8) is 0 Å². The van der Waals surface area contributed by atoms with Gasteiger partial charge in [-0.1, -0.05) is 18.2 Å². The summed E-state index contributed by atoms with van der Waals surface area (Å²) in [6.07, 6.45) is 1.83. The minimum Gasteiger partial charge on any atom is -0.493 e. The number of nitrogens with two attached hydrogens (primary N) is 1. The lowest BCUT2D eigenvalue weighted by Gasteiger charge is -2.26. The van der Waals surface area contributed by atoms with Crippen LogP contribution in [0.15, 0.2) is 46.1 Å². The molecule has 22 heavy (non-hydrogen) atoms. The molecule has 3 N–H and O–H groups in total. The van der Waals surface area contributed by atoms with Gasteiger partial charge in [-0.15, -0.1) is 24.0 Å². The van der Waals surface area contributed by atoms with Crippen LogP contribution < -0.4 is 15.8 Å². The first-order valence-electron chi connectivity index (χ1n) is 7.12. The Morgan fingerprint density at radius 3 is 3.05 bits per heavy atom. The van der Waals surface area contributed by atoms with E-state index in [2.05, 4.69) is 33.2 Å². The molecule has 0 amide bonds. The summed E-state index contributed by atoms with van der Waals surface area (Å²) in [7, 11) is 0. The zero-order valence-electron chi connectivity index (χ0n) is 12.2. The van der Waals surface area contributed by atoms with Crippen molar-refractivity contribution in [1.29, 1.82) is 0 Å². The molecule has 6 heteroatoms. The van der Waals surface area contributed by atoms with Crippen molar-refractivity contribution in [2.45, 2.75) is 18.9 Å². The van der Waals surface area contributed by atoms with E-state index in [-0.39, 0.29) is 30.0 Å². The minimum atomic E-state index is 0. The molecule has 1 aliphatic heterocycles. The van der Waals surface area contributed by atoms with Gasteiger partial charge in [-0.2, -0.15) is 11.3 Å². The third-order valence-electron chi connectivity index (χ3n) is 3.54. The van der Waals surface area contributed by atoms with E-state index in [9.17, 15) is 0 Å². The van der Waals surface area contributed by atoms with Crippen molar-refractivity contribution in [2.75, 3.05) is 13.2 Å². The van der Waals surface area contributed by atoms with Crippen LogP contribution in [-0.2, 0) is 6.42 Å². The van der Waals surface area contributed by atoms with Gasteiger partial charge in [-0.25, -0.2) is 0 Å². The van der Waals surface area contributed by atoms with Gasteiger partial charge < -0.3 is 15.8 Å². The number of hydrogen-bond donors (Lipinski definition) is 2. The molecule has 118 valence electrons. The molecule has 1 aromatic heterocycles. The summed E-state index contributed by atoms with van der Waals surface area (Å²) in [6, 6.07) is 10.4. The van der Waals surface area contributed by atoms with Gasteiger partial charge in [0.2, 0.25) is 0 Å². The summed E-state index contributed by atoms with van der Waals surface area (Å²) < 4.78 is 5.65. The quantitative estimate of drug-likeness (QED) is 0.445. The highest BCUT2D eigenvalue weighted by atomic mass is 127. The highest BCUT2D eigenvalue weighted by molar-refractivity contribution is 14.0. The zero-order chi connectivity index (χ0) is 14.5. The Morgan fingerprint density at radius 2 is 2.23 bits per heavy atom. The SMILES string of the molecule is I.NC(=NCCc1ccsc1)NC1CCOc2ccccc21. The van der Waals surface area contributed by atoms with Crippen molar-refractivity contribution in [1.82, 2.24) is 5.32 Å². The van der Waals surface area contributed by atoms with Crippen LogP contribution in [-0.4, -0.2) is 19.1 Å². The van der Waals surface area contributed by atoms with Gasteiger partial charge >= 0.3 is 0 Å². The lowest BCUT2D eigenvalue weighted by Crippen LogP contribution is -2.37. The third kappa shape index (κ3) is 4.36. The van der Waals surface area contributed by atoms with Crippen LogP contribution in [0.2, 0.25) is 0 Å². The van der Waals surface area contributed by atoms with Crippen LogP contribution in [0.5, 0.6) is 5.75 Å². The number of thiophene rings is 1. The summed E-state index contributed by atoms with van der Waals surface area (Å²) in [5.41, 5.74) is 8.47. The first kappa shape index (κ1) is 17.1. The minimum absolute atomic E-state index is 0. The maximum absolute atomic E-state index is 6.00. The third-order valence-corrected chi connectivity index (χ3v) is 4.28. The van der Waals surface area contributed by atoms with E-state index in [0.717, 1.165) is 24.2 Å². The van der Waals surface area contributed by atoms with Gasteiger partial charge in [0.1, 0.15) is 5.75 Å². The zero-order valence-corrected chi connectivity index (χ0v) is 15.3. The molecule has 2 heterocycles. The molecule has 1 aliphatic rings. The molecule has 4 nitrogen and oxygen atoms in total. The van der Waals surface area contributed by atoms with Crippen molar-refractivity contribution in [3.8, 4) is 5.75 Å². The fraction of sp³-hybridized carbons (Fsp3) is 0.312. The molecule has 2 aromatic rings. The maximum atomic E-state index is 6.00. The molecule has 0 saturated heterocycles. The lowest BCUT2D eigenvalue weighted by atomic mass is 10.0. The average Bonchev–Trinajstić information content (AvgIpc) is 3.01. The molecule has 3 rings (SSSR count). The number of halogens is 1. The summed E-state index contributed by atoms with van der Waals surface area (Å²) >= 11 is 1.71. The van der Waals surface area contributed by atoms with Crippen LogP contribution >= 0.6 is 35.3 Å². The van der Waals surface area contributed by atoms with E-state index in [0.29, 0.717) is 19.1 Å². The van der Waals surface area contributed by atoms with Gasteiger partial charge in [0, 0.05) is 18.5 Å². The molecule has 0 spiro atoms. The Hall–Kier alpha value is -1.28. The first-order valence-corrected chi connectivity index (χ1v) is 8.06. The van der Waals surface area contributed by atoms with Crippen LogP contribution in [0.1, 0.15) is 23.6 Å². The average molecular weight is 429 g/mol. The standard InChI is InChI=1S/C16H19N3OS.HI/c17-16(18-8-5-12-7-10-21-11-12)19-14-6-9-20-15-4-2-1-3-13(14)15;/h1-4,7,10-11,14H,5-6,8-9H2,(H3,17,18,19);1H. The van der Waals surface area contributed by atoms with E-state index < -0.39 is 0 Å². The summed E-state index contributed by atoms with van der Waals surface area (Å²) in [5.74, 6) is 1.44. The molecule has 0 radical (unpaired) electrons. The number of ether oxygens (including phenoxy) is 1. The smallest absolute Gasteiger partial charge is 0.189 e. The van der Waals surface area contributed by atoms with E-state index in [1.54, 1.807) is 11.3 Å². The Kier molecular flexibility index (Phi) is 6.50. The highest BCUT2D eigenvalue weighted by Gasteiger charge is 2.20. The number of para-hydroxylation sites is 1. The lowest BCUT2D eigenvalue weighted by molar-refractivity contribution is 0.262. The molecule has 1 atom stereocenters. The number of nitrogens with one attached hydrogen (secondary N) is 1. The summed E-state index contributed by atoms with van der Waals surface area (Å²) in [4.78, 5) is 4.41. The van der Waals surface area contributed by atoms with Gasteiger partial charge in [0.05, 0.1) is 12.6 Å². The fourth-order valence-corrected chi connectivity index (χ4v) is 3.16. The predicted octanol–water partition coefficient (Wildman–Crippen LogP) is 3.34. The highest BCUT2D eigenvalue weighted by Crippen LogP contribution is 2.31. The number of fused-ring (bicyclic) bond motifs is 1. The Balaban J connectivity index is 0.00000176. The number of benzene rings is 1. The number of rotatable bonds is 4. The summed E-state index contributed by atoms with van der Waals surface area (Å²) in [6.45, 7) is 1.41. The van der Waals surface area contributed by atoms with Crippen LogP contribution in [0, 0.1) is 0 Å². The van der Waals surface area contributed by atoms with Gasteiger partial charge in [-0.05, 0) is 34.9 Å². The Morgan fingerprint density at radius 1 is 1.36 bits per heavy atom. The molecule has 1 aromatic carbocycles. The van der Waals surface area contributed by atoms with E-state index >= 15 is 0 Å². The topological polar surface area (TPSA) is 59.6 Å². The molecule has 0 aliphatic carbocycles. The number of nitrogens with zero attached hydrogens (tertiary/aromatic N) is 1. The Bertz CT molecular complexity index is 616. The van der Waals surface area contributed by atoms with Crippen LogP contribution in [0.4, 0.5) is 0 Å². The van der Waals surface area contributed by atoms with E-state index in [1.807, 2.05) is 18.2 Å². The van der Waals surface area contributed by atoms with E-state index in [1.165, 1.54) is 5.56 Å². The van der Waals surface area contributed by atoms with E-state index in [4.69, 9.17) is 10.5 Å². The monoisotopic (exact) mass is 429 g/mol. The number of hydrogen-bond acceptors (Lipinski definition) is 3. The van der Waals surface area contributed by atoms with Crippen molar-refractivity contribution < 1.29 is 4.74 Å². The van der Waals surface area contributed by atoms with Gasteiger partial charge in [-0.3, -0.25) is 4.99 Å². The summed E-state index contributed by atoms with van der Waals surface area (Å²) in [5, 5.41) is 7.54. The number of guanidine groups is 1. The van der Waals surface area contributed by atoms with Crippen LogP contribution in [0.25, 0.3) is 0 Å². The largest absolute Gasteiger partial charge is 0.493 e. The van der Waals surface area contributed by atoms with Crippen molar-refractivity contribution >= 4 is 41.3 Å². The number of aliphatic imine (C=N–C) groups is 1. The normalized spacial score (nSPS) is 17.1. The maximum Gasteiger partial charge on any atom is 0.189 e. The molecule has 0 bridgehead atoms. The molecular weight excluding hydrogens is 409 g/mol. The molecule has 0 saturated carbocycles. The molecule has 0 fully saturated rings. The molecular formula is C16H20IN3OS. The second-order valence-electron chi connectivity index (χ2n) is 5.02. The van der Waals surface area contributed by atoms with Gasteiger partial charge in [0.15, 0.2) is 5.96 Å². The predicted molar refractivity (Wildman–Crippen MR) is 102 cm³/mol. The van der Waals surface area contributed by atoms with Crippen molar-refractivity contribution in [3.05, 3.63) is 52.2 Å². The second kappa shape index (κ2) is 8.38. The van der Waals surface area contributed by atoms with Crippen LogP contribution in [0.3, 0.4) is 0 Å². The second-order valence-corrected chi connectivity index (χ2v) is 5.80. The fourth-order valence-electron chi connectivity index (χ4n) is 2.46. The molecule has 1 unspecified atom stereocenters. The first-order chi connectivity index (χ1) is 10.3. The van der Waals surface area contributed by atoms with Gasteiger partial charge in [0.25, 0.3) is 0 Å². The Labute approximate surface area is 151 Å².